The third-order valence-corrected chi connectivity index (χ3v) is 6.73. The molecule has 4 aromatic rings. The fourth-order valence-electron chi connectivity index (χ4n) is 3.49. The number of carbonyl (C=O) groups is 2. The van der Waals surface area contributed by atoms with Gasteiger partial charge in [0.2, 0.25) is 5.91 Å². The van der Waals surface area contributed by atoms with Gasteiger partial charge >= 0.3 is 12.4 Å². The van der Waals surface area contributed by atoms with Gasteiger partial charge in [0.25, 0.3) is 5.91 Å². The lowest BCUT2D eigenvalue weighted by Crippen LogP contribution is -2.19. The largest absolute Gasteiger partial charge is 0.464 e. The van der Waals surface area contributed by atoms with Gasteiger partial charge in [0, 0.05) is 17.4 Å². The minimum Gasteiger partial charge on any atom is -0.464 e. The van der Waals surface area contributed by atoms with Gasteiger partial charge in [0.15, 0.2) is 5.69 Å². The lowest BCUT2D eigenvalue weighted by Gasteiger charge is -2.11. The normalized spacial score (nSPS) is 12.3. The number of aryl methyl sites for hydroxylation is 1. The monoisotopic (exact) mass is 565 g/mol. The molecule has 0 bridgehead atoms. The van der Waals surface area contributed by atoms with Crippen molar-refractivity contribution < 1.29 is 40.3 Å². The Morgan fingerprint density at radius 2 is 1.92 bits per heavy atom. The summed E-state index contributed by atoms with van der Waals surface area (Å²) < 4.78 is 85.7. The number of carbonyl (C=O) groups excluding carboxylic acids is 2. The van der Waals surface area contributed by atoms with Crippen LogP contribution in [-0.2, 0) is 23.7 Å². The number of fused-ring (bicyclic) bond motifs is 1. The van der Waals surface area contributed by atoms with Gasteiger partial charge in [-0.25, -0.2) is 4.98 Å². The van der Waals surface area contributed by atoms with Crippen molar-refractivity contribution in [1.29, 1.82) is 0 Å². The Hall–Kier alpha value is -3.59. The summed E-state index contributed by atoms with van der Waals surface area (Å²) in [6.45, 7) is 0.975. The van der Waals surface area contributed by atoms with Crippen LogP contribution in [0, 0.1) is 6.92 Å². The molecule has 2 amide bonds. The fraction of sp³-hybridized carbons (Fsp3) is 0.238. The van der Waals surface area contributed by atoms with E-state index in [1.807, 2.05) is 0 Å². The Morgan fingerprint density at radius 3 is 2.46 bits per heavy atom. The van der Waals surface area contributed by atoms with Crippen molar-refractivity contribution in [1.82, 2.24) is 14.8 Å². The first-order valence-corrected chi connectivity index (χ1v) is 11.4. The summed E-state index contributed by atoms with van der Waals surface area (Å²) in [5, 5.41) is 5.20. The number of nitrogens with one attached hydrogen (secondary N) is 1. The van der Waals surface area contributed by atoms with E-state index in [1.54, 1.807) is 0 Å². The van der Waals surface area contributed by atoms with Crippen LogP contribution in [0.25, 0.3) is 21.5 Å². The maximum absolute atomic E-state index is 13.5. The Kier molecular flexibility index (Phi) is 6.71. The van der Waals surface area contributed by atoms with Crippen LogP contribution >= 0.6 is 22.9 Å². The average Bonchev–Trinajstić information content (AvgIpc) is 3.51. The first-order valence-electron chi connectivity index (χ1n) is 10.2. The number of hydrogen-bond acceptors (Lipinski definition) is 6. The highest BCUT2D eigenvalue weighted by molar-refractivity contribution is 7.21. The number of nitrogens with two attached hydrogens (primary N) is 1. The van der Waals surface area contributed by atoms with Crippen molar-refractivity contribution in [2.75, 3.05) is 5.32 Å². The molecule has 0 fully saturated rings. The second kappa shape index (κ2) is 9.37. The maximum atomic E-state index is 13.5. The number of thiophene rings is 1. The number of nitrogens with zero attached hydrogens (tertiary/aromatic N) is 3. The number of pyridine rings is 1. The Balaban J connectivity index is 1.72. The van der Waals surface area contributed by atoms with Crippen LogP contribution in [0.4, 0.5) is 32.0 Å². The van der Waals surface area contributed by atoms with Crippen molar-refractivity contribution in [2.45, 2.75) is 32.2 Å². The number of primary amides is 1. The molecule has 16 heteroatoms. The second-order valence-electron chi connectivity index (χ2n) is 7.65. The SMILES string of the molecule is Cc1c(Cl)c(C(F)(F)F)nn1CCC(=O)Nc1c(C(N)=O)sc2nc(C(F)(F)F)cc(-c3ccco3)c12. The lowest BCUT2D eigenvalue weighted by atomic mass is 10.1. The molecule has 8 nitrogen and oxygen atoms in total. The van der Waals surface area contributed by atoms with Gasteiger partial charge in [-0.1, -0.05) is 11.6 Å². The zero-order valence-corrected chi connectivity index (χ0v) is 20.0. The first kappa shape index (κ1) is 26.5. The summed E-state index contributed by atoms with van der Waals surface area (Å²) in [7, 11) is 0. The molecule has 0 aromatic carbocycles. The van der Waals surface area contributed by atoms with Crippen molar-refractivity contribution in [3.8, 4) is 11.3 Å². The second-order valence-corrected chi connectivity index (χ2v) is 9.02. The van der Waals surface area contributed by atoms with Crippen LogP contribution in [0.3, 0.4) is 0 Å². The average molecular weight is 566 g/mol. The van der Waals surface area contributed by atoms with Gasteiger partial charge in [-0.15, -0.1) is 11.3 Å². The highest BCUT2D eigenvalue weighted by Crippen LogP contribution is 2.44. The number of furan rings is 1. The third-order valence-electron chi connectivity index (χ3n) is 5.18. The molecule has 4 heterocycles. The van der Waals surface area contributed by atoms with E-state index in [0.29, 0.717) is 17.4 Å². The number of rotatable bonds is 6. The van der Waals surface area contributed by atoms with Crippen LogP contribution in [0.15, 0.2) is 28.9 Å². The van der Waals surface area contributed by atoms with E-state index < -0.39 is 47.0 Å². The summed E-state index contributed by atoms with van der Waals surface area (Å²) >= 11 is 6.25. The Labute approximate surface area is 212 Å². The minimum absolute atomic E-state index is 0.00343. The molecule has 0 saturated carbocycles. The van der Waals surface area contributed by atoms with Crippen LogP contribution in [0.2, 0.25) is 5.02 Å². The standard InChI is InChI=1S/C21H14ClF6N5O3S/c1-8-14(22)17(21(26,27)28)32-33(8)5-4-12(34)31-15-13-9(10-3-2-6-36-10)7-11(20(23,24)25)30-19(13)37-16(15)18(29)35/h2-3,6-7H,4-5H2,1H3,(H2,29,35)(H,31,34). The molecular weight excluding hydrogens is 552 g/mol. The third kappa shape index (κ3) is 5.13. The molecular formula is C21H14ClF6N5O3S. The maximum Gasteiger partial charge on any atom is 0.436 e. The van der Waals surface area contributed by atoms with Gasteiger partial charge in [-0.05, 0) is 25.1 Å². The van der Waals surface area contributed by atoms with Gasteiger partial charge in [0.05, 0.1) is 29.2 Å². The molecule has 0 aliphatic heterocycles. The molecule has 0 aliphatic carbocycles. The molecule has 0 radical (unpaired) electrons. The number of hydrogen-bond donors (Lipinski definition) is 2. The van der Waals surface area contributed by atoms with Gasteiger partial charge in [-0.3, -0.25) is 14.3 Å². The van der Waals surface area contributed by atoms with E-state index in [-0.39, 0.29) is 44.3 Å². The van der Waals surface area contributed by atoms with Crippen molar-refractivity contribution in [3.05, 3.63) is 51.4 Å². The van der Waals surface area contributed by atoms with E-state index in [1.165, 1.54) is 25.3 Å². The van der Waals surface area contributed by atoms with E-state index >= 15 is 0 Å². The van der Waals surface area contributed by atoms with Crippen LogP contribution in [-0.4, -0.2) is 26.6 Å². The molecule has 4 rings (SSSR count). The molecule has 37 heavy (non-hydrogen) atoms. The Morgan fingerprint density at radius 1 is 1.22 bits per heavy atom. The Bertz CT molecular complexity index is 1510. The molecule has 0 spiro atoms. The van der Waals surface area contributed by atoms with E-state index in [4.69, 9.17) is 21.8 Å². The predicted molar refractivity (Wildman–Crippen MR) is 121 cm³/mol. The van der Waals surface area contributed by atoms with Gasteiger partial charge < -0.3 is 15.5 Å². The van der Waals surface area contributed by atoms with Gasteiger partial charge in [-0.2, -0.15) is 31.4 Å². The fourth-order valence-corrected chi connectivity index (χ4v) is 4.74. The van der Waals surface area contributed by atoms with Crippen LogP contribution in [0.5, 0.6) is 0 Å². The van der Waals surface area contributed by atoms with E-state index in [0.717, 1.165) is 4.68 Å². The van der Waals surface area contributed by atoms with Crippen LogP contribution < -0.4 is 11.1 Å². The molecule has 0 unspecified atom stereocenters. The molecule has 0 aliphatic rings. The highest BCUT2D eigenvalue weighted by atomic mass is 35.5. The van der Waals surface area contributed by atoms with Crippen molar-refractivity contribution in [2.24, 2.45) is 5.73 Å². The topological polar surface area (TPSA) is 116 Å². The van der Waals surface area contributed by atoms with Crippen molar-refractivity contribution in [3.63, 3.8) is 0 Å². The molecule has 0 saturated heterocycles. The molecule has 4 aromatic heterocycles. The minimum atomic E-state index is -4.83. The lowest BCUT2D eigenvalue weighted by molar-refractivity contribution is -0.142. The van der Waals surface area contributed by atoms with E-state index in [9.17, 15) is 35.9 Å². The summed E-state index contributed by atoms with van der Waals surface area (Å²) in [5.74, 6) is -1.82. The zero-order valence-electron chi connectivity index (χ0n) is 18.4. The number of anilines is 1. The zero-order chi connectivity index (χ0) is 27.3. The number of aromatic nitrogens is 3. The van der Waals surface area contributed by atoms with E-state index in [2.05, 4.69) is 15.4 Å². The van der Waals surface area contributed by atoms with Crippen LogP contribution in [0.1, 0.15) is 33.2 Å². The highest BCUT2D eigenvalue weighted by Gasteiger charge is 2.38. The number of amides is 2. The molecule has 3 N–H and O–H groups in total. The smallest absolute Gasteiger partial charge is 0.436 e. The predicted octanol–water partition coefficient (Wildman–Crippen LogP) is 5.88. The summed E-state index contributed by atoms with van der Waals surface area (Å²) in [6.07, 6.45) is -8.82. The molecule has 0 atom stereocenters. The summed E-state index contributed by atoms with van der Waals surface area (Å²) in [6, 6.07) is 3.52. The van der Waals surface area contributed by atoms with Crippen molar-refractivity contribution >= 4 is 50.7 Å². The number of halogens is 7. The first-order chi connectivity index (χ1) is 17.2. The summed E-state index contributed by atoms with van der Waals surface area (Å²) in [4.78, 5) is 27.9. The number of alkyl halides is 6. The quantitative estimate of drug-likeness (QED) is 0.283. The van der Waals surface area contributed by atoms with Gasteiger partial charge in [0.1, 0.15) is 21.2 Å². The molecule has 196 valence electrons. The summed E-state index contributed by atoms with van der Waals surface area (Å²) in [5.41, 5.74) is 2.52.